The number of aromatic nitrogens is 2. The number of nitrogens with zero attached hydrogens (tertiary/aromatic N) is 2. The van der Waals surface area contributed by atoms with Gasteiger partial charge in [0, 0.05) is 12.1 Å². The van der Waals surface area contributed by atoms with Crippen molar-refractivity contribution in [1.82, 2.24) is 9.13 Å². The number of aryl methyl sites for hydroxylation is 1. The fourth-order valence-electron chi connectivity index (χ4n) is 2.81. The molecule has 0 aliphatic heterocycles. The topological polar surface area (TPSA) is 50.8 Å². The smallest absolute Gasteiger partial charge is 0.203 e. The third kappa shape index (κ3) is 2.82. The molecule has 0 fully saturated rings. The number of benzene rings is 2. The lowest BCUT2D eigenvalue weighted by atomic mass is 10.1. The zero-order chi connectivity index (χ0) is 16.4. The standard InChI is InChI=1S/C18H18ClN3O/c1-2-11-21-17-14(19)9-6-10-15(17)22(18(21)20)12-16(23)13-7-4-3-5-8-13/h3-10,20H,2,11-12H2,1H3. The minimum absolute atomic E-state index is 0.0142. The van der Waals surface area contributed by atoms with Crippen molar-refractivity contribution in [1.29, 1.82) is 5.41 Å². The first kappa shape index (κ1) is 15.6. The van der Waals surface area contributed by atoms with Crippen LogP contribution in [0.25, 0.3) is 11.0 Å². The van der Waals surface area contributed by atoms with Gasteiger partial charge in [-0.3, -0.25) is 10.2 Å². The normalized spacial score (nSPS) is 11.0. The van der Waals surface area contributed by atoms with Gasteiger partial charge in [0.2, 0.25) is 5.62 Å². The first-order chi connectivity index (χ1) is 11.1. The molecule has 4 nitrogen and oxygen atoms in total. The third-order valence-corrected chi connectivity index (χ3v) is 4.19. The van der Waals surface area contributed by atoms with E-state index in [2.05, 4.69) is 6.92 Å². The number of Topliss-reactive ketones (excluding diaryl/α,β-unsaturated/α-hetero) is 1. The van der Waals surface area contributed by atoms with Crippen LogP contribution in [0.5, 0.6) is 0 Å². The SMILES string of the molecule is CCCn1c(=N)n(CC(=O)c2ccccc2)c2cccc(Cl)c21. The van der Waals surface area contributed by atoms with Gasteiger partial charge in [0.15, 0.2) is 5.78 Å². The van der Waals surface area contributed by atoms with Crippen molar-refractivity contribution in [2.75, 3.05) is 0 Å². The summed E-state index contributed by atoms with van der Waals surface area (Å²) in [4.78, 5) is 12.5. The number of imidazole rings is 1. The summed E-state index contributed by atoms with van der Waals surface area (Å²) in [5, 5.41) is 9.05. The van der Waals surface area contributed by atoms with E-state index in [9.17, 15) is 4.79 Å². The van der Waals surface area contributed by atoms with Crippen LogP contribution in [-0.4, -0.2) is 14.9 Å². The summed E-state index contributed by atoms with van der Waals surface area (Å²) < 4.78 is 3.60. The molecule has 0 atom stereocenters. The van der Waals surface area contributed by atoms with E-state index in [0.717, 1.165) is 17.5 Å². The maximum Gasteiger partial charge on any atom is 0.203 e. The second kappa shape index (κ2) is 6.42. The number of nitrogens with one attached hydrogen (secondary N) is 1. The number of halogens is 1. The quantitative estimate of drug-likeness (QED) is 0.711. The number of carbonyl (C=O) groups excluding carboxylic acids is 1. The summed E-state index contributed by atoms with van der Waals surface area (Å²) in [5.74, 6) is -0.0142. The highest BCUT2D eigenvalue weighted by Gasteiger charge is 2.16. The van der Waals surface area contributed by atoms with Gasteiger partial charge in [-0.25, -0.2) is 0 Å². The van der Waals surface area contributed by atoms with Gasteiger partial charge in [0.25, 0.3) is 0 Å². The lowest BCUT2D eigenvalue weighted by Gasteiger charge is -2.04. The molecular weight excluding hydrogens is 310 g/mol. The van der Waals surface area contributed by atoms with Crippen LogP contribution in [0.2, 0.25) is 5.02 Å². The highest BCUT2D eigenvalue weighted by Crippen LogP contribution is 2.23. The molecular formula is C18H18ClN3O. The van der Waals surface area contributed by atoms with Crippen LogP contribution in [0.3, 0.4) is 0 Å². The van der Waals surface area contributed by atoms with E-state index in [1.165, 1.54) is 0 Å². The lowest BCUT2D eigenvalue weighted by Crippen LogP contribution is -2.27. The molecule has 0 amide bonds. The predicted molar refractivity (Wildman–Crippen MR) is 91.9 cm³/mol. The van der Waals surface area contributed by atoms with E-state index in [1.807, 2.05) is 41.0 Å². The molecule has 1 heterocycles. The van der Waals surface area contributed by atoms with Crippen LogP contribution in [-0.2, 0) is 13.1 Å². The second-order valence-electron chi connectivity index (χ2n) is 5.46. The maximum absolute atomic E-state index is 12.5. The monoisotopic (exact) mass is 327 g/mol. The van der Waals surface area contributed by atoms with Crippen molar-refractivity contribution in [3.8, 4) is 0 Å². The second-order valence-corrected chi connectivity index (χ2v) is 5.87. The molecule has 0 saturated carbocycles. The van der Waals surface area contributed by atoms with Crippen molar-refractivity contribution in [2.24, 2.45) is 0 Å². The zero-order valence-corrected chi connectivity index (χ0v) is 13.7. The van der Waals surface area contributed by atoms with Gasteiger partial charge in [-0.2, -0.15) is 0 Å². The summed E-state index contributed by atoms with van der Waals surface area (Å²) in [7, 11) is 0. The molecule has 3 rings (SSSR count). The Kier molecular flexibility index (Phi) is 4.35. The van der Waals surface area contributed by atoms with Crippen molar-refractivity contribution in [2.45, 2.75) is 26.4 Å². The first-order valence-electron chi connectivity index (χ1n) is 7.64. The van der Waals surface area contributed by atoms with Crippen molar-refractivity contribution in [3.05, 3.63) is 64.7 Å². The molecule has 1 N–H and O–H groups in total. The van der Waals surface area contributed by atoms with Crippen molar-refractivity contribution < 1.29 is 4.79 Å². The van der Waals surface area contributed by atoms with Crippen LogP contribution in [0.1, 0.15) is 23.7 Å². The summed E-state index contributed by atoms with van der Waals surface area (Å²) in [6.45, 7) is 2.89. The molecule has 2 aromatic carbocycles. The first-order valence-corrected chi connectivity index (χ1v) is 8.01. The van der Waals surface area contributed by atoms with E-state index in [-0.39, 0.29) is 12.3 Å². The summed E-state index contributed by atoms with van der Waals surface area (Å²) in [6.07, 6.45) is 0.896. The molecule has 23 heavy (non-hydrogen) atoms. The molecule has 0 aliphatic carbocycles. The third-order valence-electron chi connectivity index (χ3n) is 3.88. The van der Waals surface area contributed by atoms with Crippen LogP contribution in [0.15, 0.2) is 48.5 Å². The number of ketones is 1. The number of hydrogen-bond acceptors (Lipinski definition) is 2. The number of rotatable bonds is 5. The Morgan fingerprint density at radius 2 is 1.83 bits per heavy atom. The number of carbonyl (C=O) groups is 1. The van der Waals surface area contributed by atoms with Crippen molar-refractivity contribution in [3.63, 3.8) is 0 Å². The molecule has 1 aromatic heterocycles. The molecule has 0 unspecified atom stereocenters. The van der Waals surface area contributed by atoms with Crippen LogP contribution >= 0.6 is 11.6 Å². The highest BCUT2D eigenvalue weighted by molar-refractivity contribution is 6.35. The highest BCUT2D eigenvalue weighted by atomic mass is 35.5. The van der Waals surface area contributed by atoms with Gasteiger partial charge >= 0.3 is 0 Å². The van der Waals surface area contributed by atoms with Crippen LogP contribution < -0.4 is 5.62 Å². The summed E-state index contributed by atoms with van der Waals surface area (Å²) in [6, 6.07) is 14.7. The van der Waals surface area contributed by atoms with E-state index in [1.54, 1.807) is 16.7 Å². The van der Waals surface area contributed by atoms with Crippen LogP contribution in [0.4, 0.5) is 0 Å². The van der Waals surface area contributed by atoms with Gasteiger partial charge in [-0.05, 0) is 18.6 Å². The molecule has 0 spiro atoms. The fourth-order valence-corrected chi connectivity index (χ4v) is 3.09. The minimum Gasteiger partial charge on any atom is -0.309 e. The average molecular weight is 328 g/mol. The largest absolute Gasteiger partial charge is 0.309 e. The van der Waals surface area contributed by atoms with E-state index < -0.39 is 0 Å². The Morgan fingerprint density at radius 3 is 2.52 bits per heavy atom. The Hall–Kier alpha value is -2.33. The van der Waals surface area contributed by atoms with E-state index in [0.29, 0.717) is 22.7 Å². The molecule has 5 heteroatoms. The van der Waals surface area contributed by atoms with Crippen molar-refractivity contribution >= 4 is 28.4 Å². The molecule has 0 aliphatic rings. The lowest BCUT2D eigenvalue weighted by molar-refractivity contribution is 0.0971. The van der Waals surface area contributed by atoms with E-state index in [4.69, 9.17) is 17.0 Å². The minimum atomic E-state index is -0.0142. The van der Waals surface area contributed by atoms with Gasteiger partial charge < -0.3 is 9.13 Å². The Balaban J connectivity index is 2.11. The van der Waals surface area contributed by atoms with Gasteiger partial charge in [-0.1, -0.05) is 54.9 Å². The van der Waals surface area contributed by atoms with E-state index >= 15 is 0 Å². The predicted octanol–water partition coefficient (Wildman–Crippen LogP) is 3.87. The number of fused-ring (bicyclic) bond motifs is 1. The molecule has 0 radical (unpaired) electrons. The van der Waals surface area contributed by atoms with Gasteiger partial charge in [0.1, 0.15) is 0 Å². The number of para-hydroxylation sites is 1. The Morgan fingerprint density at radius 1 is 1.09 bits per heavy atom. The fraction of sp³-hybridized carbons (Fsp3) is 0.222. The molecule has 0 saturated heterocycles. The van der Waals surface area contributed by atoms with Crippen LogP contribution in [0, 0.1) is 5.41 Å². The molecule has 0 bridgehead atoms. The number of hydrogen-bond donors (Lipinski definition) is 1. The Labute approximate surface area is 139 Å². The molecule has 3 aromatic rings. The Bertz CT molecular complexity index is 909. The van der Waals surface area contributed by atoms with Gasteiger partial charge in [0.05, 0.1) is 22.6 Å². The summed E-state index contributed by atoms with van der Waals surface area (Å²) in [5.41, 5.74) is 2.60. The van der Waals surface area contributed by atoms with Gasteiger partial charge in [-0.15, -0.1) is 0 Å². The molecule has 118 valence electrons. The summed E-state index contributed by atoms with van der Waals surface area (Å²) >= 11 is 6.33. The average Bonchev–Trinajstić information content (AvgIpc) is 2.83. The maximum atomic E-state index is 12.5. The zero-order valence-electron chi connectivity index (χ0n) is 12.9.